The summed E-state index contributed by atoms with van der Waals surface area (Å²) in [5, 5.41) is 15.2. The molecule has 1 aromatic heterocycles. The number of nitrogens with one attached hydrogen (secondary N) is 2. The molecule has 24 heavy (non-hydrogen) atoms. The summed E-state index contributed by atoms with van der Waals surface area (Å²) in [6, 6.07) is 7.30. The lowest BCUT2D eigenvalue weighted by atomic mass is 9.80. The van der Waals surface area contributed by atoms with Gasteiger partial charge in [0, 0.05) is 16.1 Å². The van der Waals surface area contributed by atoms with E-state index in [9.17, 15) is 14.4 Å². The Morgan fingerprint density at radius 1 is 1.25 bits per heavy atom. The van der Waals surface area contributed by atoms with Gasteiger partial charge in [-0.05, 0) is 18.9 Å². The first-order valence-electron chi connectivity index (χ1n) is 7.43. The molecule has 0 radical (unpaired) electrons. The molecule has 3 N–H and O–H groups in total. The van der Waals surface area contributed by atoms with Crippen LogP contribution in [0.4, 0.5) is 0 Å². The number of carboxylic acids is 1. The highest BCUT2D eigenvalue weighted by molar-refractivity contribution is 7.21. The van der Waals surface area contributed by atoms with Gasteiger partial charge in [0.2, 0.25) is 5.91 Å². The number of carbonyl (C=O) groups excluding carboxylic acids is 2. The molecule has 0 saturated heterocycles. The summed E-state index contributed by atoms with van der Waals surface area (Å²) in [7, 11) is 0. The normalized spacial score (nSPS) is 19.5. The maximum atomic E-state index is 12.2. The van der Waals surface area contributed by atoms with Gasteiger partial charge in [0.15, 0.2) is 0 Å². The van der Waals surface area contributed by atoms with E-state index in [0.717, 1.165) is 10.1 Å². The fraction of sp³-hybridized carbons (Fsp3) is 0.312. The molecule has 1 aromatic carbocycles. The monoisotopic (exact) mass is 366 g/mol. The van der Waals surface area contributed by atoms with Crippen molar-refractivity contribution in [1.82, 2.24) is 10.6 Å². The van der Waals surface area contributed by atoms with Gasteiger partial charge in [-0.25, -0.2) is 0 Å². The molecule has 3 rings (SSSR count). The van der Waals surface area contributed by atoms with Crippen molar-refractivity contribution in [3.05, 3.63) is 34.2 Å². The molecular weight excluding hydrogens is 352 g/mol. The SMILES string of the molecule is O=C(CNC(=O)c1sc2ccccc2c1Cl)NC1CC(C(=O)O)C1. The van der Waals surface area contributed by atoms with Gasteiger partial charge in [0.05, 0.1) is 17.5 Å². The van der Waals surface area contributed by atoms with Crippen LogP contribution in [0, 0.1) is 5.92 Å². The van der Waals surface area contributed by atoms with E-state index >= 15 is 0 Å². The standard InChI is InChI=1S/C16H15ClN2O4S/c17-13-10-3-1-2-4-11(10)24-14(13)15(21)18-7-12(20)19-9-5-8(6-9)16(22)23/h1-4,8-9H,5-7H2,(H,18,21)(H,19,20)(H,22,23). The van der Waals surface area contributed by atoms with E-state index < -0.39 is 11.9 Å². The van der Waals surface area contributed by atoms with E-state index in [2.05, 4.69) is 10.6 Å². The van der Waals surface area contributed by atoms with Crippen LogP contribution in [-0.4, -0.2) is 35.5 Å². The molecule has 126 valence electrons. The van der Waals surface area contributed by atoms with Gasteiger partial charge < -0.3 is 15.7 Å². The van der Waals surface area contributed by atoms with Crippen LogP contribution in [0.3, 0.4) is 0 Å². The Morgan fingerprint density at radius 2 is 1.96 bits per heavy atom. The molecule has 2 aromatic rings. The number of hydrogen-bond acceptors (Lipinski definition) is 4. The van der Waals surface area contributed by atoms with Gasteiger partial charge >= 0.3 is 5.97 Å². The lowest BCUT2D eigenvalue weighted by molar-refractivity contribution is -0.146. The average Bonchev–Trinajstić information content (AvgIpc) is 2.85. The molecule has 2 amide bonds. The fourth-order valence-electron chi connectivity index (χ4n) is 2.62. The van der Waals surface area contributed by atoms with E-state index in [-0.39, 0.29) is 24.4 Å². The van der Waals surface area contributed by atoms with E-state index in [0.29, 0.717) is 22.7 Å². The van der Waals surface area contributed by atoms with Crippen molar-refractivity contribution >= 4 is 50.8 Å². The highest BCUT2D eigenvalue weighted by Gasteiger charge is 2.35. The van der Waals surface area contributed by atoms with E-state index in [1.807, 2.05) is 24.3 Å². The predicted molar refractivity (Wildman–Crippen MR) is 91.5 cm³/mol. The second-order valence-corrected chi connectivity index (χ2v) is 7.13. The molecule has 1 aliphatic carbocycles. The predicted octanol–water partition coefficient (Wildman–Crippen LogP) is 2.26. The van der Waals surface area contributed by atoms with Gasteiger partial charge in [-0.3, -0.25) is 14.4 Å². The summed E-state index contributed by atoms with van der Waals surface area (Å²) in [4.78, 5) is 35.1. The number of hydrogen-bond donors (Lipinski definition) is 3. The van der Waals surface area contributed by atoms with Crippen molar-refractivity contribution in [2.45, 2.75) is 18.9 Å². The van der Waals surface area contributed by atoms with Crippen LogP contribution in [-0.2, 0) is 9.59 Å². The first-order valence-corrected chi connectivity index (χ1v) is 8.62. The maximum Gasteiger partial charge on any atom is 0.306 e. The first kappa shape index (κ1) is 16.7. The highest BCUT2D eigenvalue weighted by Crippen LogP contribution is 2.34. The van der Waals surface area contributed by atoms with Crippen LogP contribution in [0.15, 0.2) is 24.3 Å². The number of carbonyl (C=O) groups is 3. The zero-order valence-corrected chi connectivity index (χ0v) is 14.1. The maximum absolute atomic E-state index is 12.2. The van der Waals surface area contributed by atoms with Crippen LogP contribution >= 0.6 is 22.9 Å². The molecule has 0 spiro atoms. The molecular formula is C16H15ClN2O4S. The van der Waals surface area contributed by atoms with Crippen molar-refractivity contribution < 1.29 is 19.5 Å². The Kier molecular flexibility index (Phi) is 4.73. The first-order chi connectivity index (χ1) is 11.5. The molecule has 1 saturated carbocycles. The number of thiophene rings is 1. The minimum absolute atomic E-state index is 0.136. The highest BCUT2D eigenvalue weighted by atomic mass is 35.5. The Morgan fingerprint density at radius 3 is 2.62 bits per heavy atom. The second kappa shape index (κ2) is 6.78. The molecule has 1 heterocycles. The molecule has 0 unspecified atom stereocenters. The van der Waals surface area contributed by atoms with Crippen molar-refractivity contribution in [2.24, 2.45) is 5.92 Å². The Hall–Kier alpha value is -2.12. The lowest BCUT2D eigenvalue weighted by Gasteiger charge is -2.32. The molecule has 0 bridgehead atoms. The number of carboxylic acid groups (broad SMARTS) is 1. The summed E-state index contributed by atoms with van der Waals surface area (Å²) < 4.78 is 0.909. The summed E-state index contributed by atoms with van der Waals surface area (Å²) in [6.45, 7) is -0.169. The number of rotatable bonds is 5. The smallest absolute Gasteiger partial charge is 0.306 e. The third kappa shape index (κ3) is 3.37. The van der Waals surface area contributed by atoms with Crippen molar-refractivity contribution in [1.29, 1.82) is 0 Å². The van der Waals surface area contributed by atoms with Gasteiger partial charge in [-0.1, -0.05) is 29.8 Å². The largest absolute Gasteiger partial charge is 0.481 e. The molecule has 6 nitrogen and oxygen atoms in total. The van der Waals surface area contributed by atoms with Gasteiger partial charge in [-0.2, -0.15) is 0 Å². The minimum Gasteiger partial charge on any atom is -0.481 e. The number of benzene rings is 1. The number of halogens is 1. The molecule has 1 fully saturated rings. The number of aliphatic carboxylic acids is 1. The van der Waals surface area contributed by atoms with E-state index in [1.165, 1.54) is 11.3 Å². The molecule has 0 atom stereocenters. The van der Waals surface area contributed by atoms with Crippen LogP contribution in [0.5, 0.6) is 0 Å². The Bertz CT molecular complexity index is 814. The Labute approximate surface area is 146 Å². The molecule has 8 heteroatoms. The quantitative estimate of drug-likeness (QED) is 0.756. The topological polar surface area (TPSA) is 95.5 Å². The van der Waals surface area contributed by atoms with Crippen molar-refractivity contribution in [2.75, 3.05) is 6.54 Å². The van der Waals surface area contributed by atoms with E-state index in [1.54, 1.807) is 0 Å². The minimum atomic E-state index is -0.840. The third-order valence-corrected chi connectivity index (χ3v) is 5.68. The second-order valence-electron chi connectivity index (χ2n) is 5.70. The fourth-order valence-corrected chi connectivity index (χ4v) is 4.05. The molecule has 0 aliphatic heterocycles. The Balaban J connectivity index is 1.52. The van der Waals surface area contributed by atoms with Crippen LogP contribution < -0.4 is 10.6 Å². The van der Waals surface area contributed by atoms with Gasteiger partial charge in [-0.15, -0.1) is 11.3 Å². The average molecular weight is 367 g/mol. The van der Waals surface area contributed by atoms with E-state index in [4.69, 9.17) is 16.7 Å². The van der Waals surface area contributed by atoms with Crippen molar-refractivity contribution in [3.63, 3.8) is 0 Å². The zero-order chi connectivity index (χ0) is 17.3. The summed E-state index contributed by atoms with van der Waals surface area (Å²) in [6.07, 6.45) is 0.855. The van der Waals surface area contributed by atoms with Gasteiger partial charge in [0.1, 0.15) is 4.88 Å². The molecule has 1 aliphatic rings. The summed E-state index contributed by atoms with van der Waals surface area (Å²) in [5.74, 6) is -1.96. The number of fused-ring (bicyclic) bond motifs is 1. The zero-order valence-electron chi connectivity index (χ0n) is 12.5. The van der Waals surface area contributed by atoms with Crippen LogP contribution in [0.25, 0.3) is 10.1 Å². The lowest BCUT2D eigenvalue weighted by Crippen LogP contribution is -2.49. The summed E-state index contributed by atoms with van der Waals surface area (Å²) >= 11 is 7.50. The van der Waals surface area contributed by atoms with Crippen molar-refractivity contribution in [3.8, 4) is 0 Å². The summed E-state index contributed by atoms with van der Waals surface area (Å²) in [5.41, 5.74) is 0. The number of amides is 2. The van der Waals surface area contributed by atoms with Crippen LogP contribution in [0.1, 0.15) is 22.5 Å². The third-order valence-electron chi connectivity index (χ3n) is 4.00. The van der Waals surface area contributed by atoms with Crippen LogP contribution in [0.2, 0.25) is 5.02 Å². The van der Waals surface area contributed by atoms with Gasteiger partial charge in [0.25, 0.3) is 5.91 Å².